The van der Waals surface area contributed by atoms with Gasteiger partial charge in [0.25, 0.3) is 0 Å². The van der Waals surface area contributed by atoms with Crippen LogP contribution in [-0.2, 0) is 39.9 Å². The molecule has 8 rings (SSSR count). The number of carbonyl (C=O) groups is 4. The molecule has 58 heavy (non-hydrogen) atoms. The molecule has 3 aromatic rings. The van der Waals surface area contributed by atoms with E-state index in [1.54, 1.807) is 68.4 Å². The average molecular weight is 796 g/mol. The van der Waals surface area contributed by atoms with Gasteiger partial charge in [-0.05, 0) is 113 Å². The number of ketones is 2. The van der Waals surface area contributed by atoms with Crippen LogP contribution in [0.3, 0.4) is 0 Å². The van der Waals surface area contributed by atoms with Gasteiger partial charge in [-0.25, -0.2) is 9.18 Å². The number of amides is 1. The Kier molecular flexibility index (Phi) is 9.77. The van der Waals surface area contributed by atoms with Crippen LogP contribution in [0.1, 0.15) is 70.5 Å². The molecule has 12 nitrogen and oxygen atoms in total. The van der Waals surface area contributed by atoms with Crippen molar-refractivity contribution in [2.75, 3.05) is 26.0 Å². The Bertz CT molecular complexity index is 2240. The van der Waals surface area contributed by atoms with Gasteiger partial charge >= 0.3 is 6.16 Å². The van der Waals surface area contributed by atoms with Gasteiger partial charge in [-0.2, -0.15) is 0 Å². The number of aliphatic hydroxyl groups is 1. The number of allylic oxidation sites excluding steroid dienone is 4. The number of anilines is 1. The van der Waals surface area contributed by atoms with Crippen LogP contribution in [-0.4, -0.2) is 88.6 Å². The van der Waals surface area contributed by atoms with Crippen LogP contribution in [0.25, 0.3) is 10.8 Å². The molecule has 1 aromatic heterocycles. The van der Waals surface area contributed by atoms with E-state index in [0.29, 0.717) is 36.1 Å². The largest absolute Gasteiger partial charge is 0.509 e. The summed E-state index contributed by atoms with van der Waals surface area (Å²) in [4.78, 5) is 59.0. The number of aliphatic hydroxyl groups excluding tert-OH is 1. The minimum Gasteiger partial charge on any atom is -0.429 e. The van der Waals surface area contributed by atoms with Crippen molar-refractivity contribution >= 4 is 40.1 Å². The maximum absolute atomic E-state index is 17.7. The predicted octanol–water partition coefficient (Wildman–Crippen LogP) is 6.57. The van der Waals surface area contributed by atoms with Crippen molar-refractivity contribution in [3.63, 3.8) is 0 Å². The molecule has 1 amide bonds. The highest BCUT2D eigenvalue weighted by Crippen LogP contribution is 2.72. The van der Waals surface area contributed by atoms with Gasteiger partial charge in [-0.1, -0.05) is 48.9 Å². The Labute approximate surface area is 336 Å². The van der Waals surface area contributed by atoms with Crippen LogP contribution in [0, 0.1) is 22.7 Å². The Morgan fingerprint density at radius 1 is 1.03 bits per heavy atom. The number of rotatable bonds is 9. The molecule has 5 aliphatic rings. The fraction of sp³-hybridized carbons (Fsp3) is 0.489. The van der Waals surface area contributed by atoms with Crippen LogP contribution < -0.4 is 5.32 Å². The van der Waals surface area contributed by atoms with E-state index in [1.165, 1.54) is 12.2 Å². The molecule has 13 heteroatoms. The molecule has 2 heterocycles. The lowest BCUT2D eigenvalue weighted by molar-refractivity contribution is -0.246. The summed E-state index contributed by atoms with van der Waals surface area (Å²) >= 11 is 0. The molecule has 1 aliphatic heterocycles. The van der Waals surface area contributed by atoms with Gasteiger partial charge in [-0.15, -0.1) is 0 Å². The number of Topliss-reactive ketones (excluding diaryl/α,β-unsaturated/α-hetero) is 1. The third-order valence-electron chi connectivity index (χ3n) is 13.7. The second kappa shape index (κ2) is 14.2. The topological polar surface area (TPSA) is 154 Å². The number of pyridine rings is 1. The van der Waals surface area contributed by atoms with E-state index in [4.69, 9.17) is 18.9 Å². The van der Waals surface area contributed by atoms with Gasteiger partial charge in [0.2, 0.25) is 11.7 Å². The van der Waals surface area contributed by atoms with E-state index in [-0.39, 0.29) is 24.7 Å². The third-order valence-corrected chi connectivity index (χ3v) is 13.7. The molecule has 0 unspecified atom stereocenters. The molecule has 1 saturated heterocycles. The first-order chi connectivity index (χ1) is 27.4. The number of hydrogen-bond donors (Lipinski definition) is 2. The zero-order valence-corrected chi connectivity index (χ0v) is 33.6. The highest BCUT2D eigenvalue weighted by molar-refractivity contribution is 6.01. The van der Waals surface area contributed by atoms with Crippen LogP contribution in [0.5, 0.6) is 0 Å². The van der Waals surface area contributed by atoms with E-state index < -0.39 is 76.5 Å². The van der Waals surface area contributed by atoms with E-state index in [9.17, 15) is 24.3 Å². The highest BCUT2D eigenvalue weighted by atomic mass is 19.1. The monoisotopic (exact) mass is 795 g/mol. The number of aromatic nitrogens is 1. The lowest BCUT2D eigenvalue weighted by atomic mass is 9.44. The molecule has 2 N–H and O–H groups in total. The van der Waals surface area contributed by atoms with Gasteiger partial charge < -0.3 is 29.4 Å². The van der Waals surface area contributed by atoms with Gasteiger partial charge in [0.05, 0.1) is 12.2 Å². The van der Waals surface area contributed by atoms with Crippen molar-refractivity contribution in [1.82, 2.24) is 9.88 Å². The zero-order chi connectivity index (χ0) is 41.4. The smallest absolute Gasteiger partial charge is 0.429 e. The molecule has 0 bridgehead atoms. The first-order valence-electron chi connectivity index (χ1n) is 19.8. The van der Waals surface area contributed by atoms with Crippen LogP contribution in [0.4, 0.5) is 14.9 Å². The number of likely N-dealkylation sites (N-methyl/N-ethyl adjacent to an activating group) is 1. The maximum Gasteiger partial charge on any atom is 0.509 e. The molecule has 306 valence electrons. The van der Waals surface area contributed by atoms with Crippen LogP contribution in [0.15, 0.2) is 84.7 Å². The molecule has 3 saturated carbocycles. The molecule has 9 atom stereocenters. The highest BCUT2D eigenvalue weighted by Gasteiger charge is 2.80. The number of alkyl halides is 1. The van der Waals surface area contributed by atoms with Gasteiger partial charge in [0.1, 0.15) is 12.6 Å². The summed E-state index contributed by atoms with van der Waals surface area (Å²) in [6.45, 7) is 6.17. The first-order valence-corrected chi connectivity index (χ1v) is 19.8. The zero-order valence-electron chi connectivity index (χ0n) is 33.6. The fourth-order valence-electron chi connectivity index (χ4n) is 11.1. The summed E-state index contributed by atoms with van der Waals surface area (Å²) in [6, 6.07) is 14.0. The summed E-state index contributed by atoms with van der Waals surface area (Å²) in [7, 11) is 3.63. The number of nitrogens with one attached hydrogen (secondary N) is 1. The van der Waals surface area contributed by atoms with Crippen molar-refractivity contribution in [2.24, 2.45) is 22.7 Å². The average Bonchev–Trinajstić information content (AvgIpc) is 3.59. The summed E-state index contributed by atoms with van der Waals surface area (Å²) in [6.07, 6.45) is 5.66. The van der Waals surface area contributed by atoms with Crippen molar-refractivity contribution < 1.29 is 47.6 Å². The fourth-order valence-corrected chi connectivity index (χ4v) is 11.1. The second-order valence-corrected chi connectivity index (χ2v) is 17.6. The molecule has 0 radical (unpaired) electrons. The lowest BCUT2D eigenvalue weighted by Gasteiger charge is -2.62. The third kappa shape index (κ3) is 6.20. The van der Waals surface area contributed by atoms with Gasteiger partial charge in [0.15, 0.2) is 29.4 Å². The number of nitrogens with zero attached hydrogens (tertiary/aromatic N) is 2. The summed E-state index contributed by atoms with van der Waals surface area (Å²) in [5.74, 6) is -3.21. The molecule has 2 aromatic carbocycles. The van der Waals surface area contributed by atoms with Crippen molar-refractivity contribution in [3.05, 3.63) is 95.9 Å². The van der Waals surface area contributed by atoms with E-state index in [2.05, 4.69) is 10.3 Å². The molecule has 4 fully saturated rings. The number of fused-ring (bicyclic) bond motifs is 8. The molecular formula is C45H50FN3O9. The SMILES string of the molecule is CN(C)[C@@H](C(=O)Nc1ccc2cnccc2c1)c1ccc(COC(=O)OCC(=O)[C@@]23OC(C)(C)O[C@@H]2C[C@H]2[C@@H]4CCC5=CC(=O)C=C[C@]5(C)[C@@]4(F)[C@@H](O)C[C@@]23C)cc1. The van der Waals surface area contributed by atoms with Crippen molar-refractivity contribution in [3.8, 4) is 0 Å². The molecule has 0 spiro atoms. The lowest BCUT2D eigenvalue weighted by Crippen LogP contribution is -2.70. The van der Waals surface area contributed by atoms with E-state index in [0.717, 1.165) is 16.3 Å². The van der Waals surface area contributed by atoms with Crippen LogP contribution >= 0.6 is 0 Å². The summed E-state index contributed by atoms with van der Waals surface area (Å²) in [5, 5.41) is 16.7. The normalized spacial score (nSPS) is 33.7. The predicted molar refractivity (Wildman–Crippen MR) is 211 cm³/mol. The van der Waals surface area contributed by atoms with Crippen molar-refractivity contribution in [1.29, 1.82) is 0 Å². The van der Waals surface area contributed by atoms with Crippen molar-refractivity contribution in [2.45, 2.75) is 95.3 Å². The number of halogens is 1. The summed E-state index contributed by atoms with van der Waals surface area (Å²) < 4.78 is 41.4. The summed E-state index contributed by atoms with van der Waals surface area (Å²) in [5.41, 5.74) is -3.29. The Morgan fingerprint density at radius 3 is 2.53 bits per heavy atom. The Morgan fingerprint density at radius 2 is 1.79 bits per heavy atom. The maximum atomic E-state index is 17.7. The van der Waals surface area contributed by atoms with E-state index >= 15 is 4.39 Å². The second-order valence-electron chi connectivity index (χ2n) is 17.6. The molecular weight excluding hydrogens is 746 g/mol. The number of hydrogen-bond acceptors (Lipinski definition) is 11. The number of benzene rings is 2. The Balaban J connectivity index is 0.924. The number of ether oxygens (including phenoxy) is 4. The standard InChI is InChI=1S/C45H50FN3O9/c1-41(2)57-37-21-34-33-14-12-30-20-32(50)15-17-42(30,3)44(33,46)35(51)22-43(34,4)45(37,58-41)36(52)25-56-40(54)55-24-26-7-9-27(10-8-26)38(49(5)6)39(53)48-31-13-11-29-23-47-18-16-28(29)19-31/h7-11,13,15-20,23,33-35,37-38,51H,12,14,21-22,24-25H2,1-6H3,(H,48,53)/t33-,34-,35-,37+,38+,42-,43-,44-,45+/m0/s1. The Hall–Kier alpha value is -4.82. The molecule has 4 aliphatic carbocycles. The van der Waals surface area contributed by atoms with Gasteiger partial charge in [0, 0.05) is 40.2 Å². The minimum atomic E-state index is -2.09. The van der Waals surface area contributed by atoms with Crippen LogP contribution in [0.2, 0.25) is 0 Å². The number of carbonyl (C=O) groups excluding carboxylic acids is 4. The first kappa shape index (κ1) is 40.0. The minimum absolute atomic E-state index is 0.102. The van der Waals surface area contributed by atoms with E-state index in [1.807, 2.05) is 45.3 Å². The quantitative estimate of drug-likeness (QED) is 0.226. The van der Waals surface area contributed by atoms with Gasteiger partial charge in [-0.3, -0.25) is 24.3 Å².